The molecule has 0 bridgehead atoms. The third-order valence-corrected chi connectivity index (χ3v) is 3.48. The van der Waals surface area contributed by atoms with Crippen molar-refractivity contribution in [2.45, 2.75) is 25.8 Å². The van der Waals surface area contributed by atoms with E-state index in [2.05, 4.69) is 11.9 Å². The van der Waals surface area contributed by atoms with Gasteiger partial charge >= 0.3 is 0 Å². The smallest absolute Gasteiger partial charge is 0.264 e. The lowest BCUT2D eigenvalue weighted by atomic mass is 10.0. The molecule has 0 aromatic carbocycles. The van der Waals surface area contributed by atoms with Gasteiger partial charge in [0, 0.05) is 12.1 Å². The summed E-state index contributed by atoms with van der Waals surface area (Å²) in [5.74, 6) is -2.33. The van der Waals surface area contributed by atoms with Gasteiger partial charge in [0.25, 0.3) is 11.8 Å². The van der Waals surface area contributed by atoms with Gasteiger partial charge in [0.15, 0.2) is 0 Å². The molecule has 0 spiro atoms. The van der Waals surface area contributed by atoms with Crippen molar-refractivity contribution in [2.24, 2.45) is 5.73 Å². The maximum absolute atomic E-state index is 12.4. The molecule has 1 saturated heterocycles. The maximum Gasteiger partial charge on any atom is 0.264 e. The van der Waals surface area contributed by atoms with Crippen LogP contribution in [0.4, 0.5) is 0 Å². The minimum absolute atomic E-state index is 0.0437. The van der Waals surface area contributed by atoms with Crippen molar-refractivity contribution < 1.29 is 19.2 Å². The molecule has 1 atom stereocenters. The molecule has 2 aliphatic heterocycles. The number of hydrogen-bond acceptors (Lipinski definition) is 5. The van der Waals surface area contributed by atoms with Gasteiger partial charge in [0.05, 0.1) is 11.1 Å². The largest absolute Gasteiger partial charge is 0.398 e. The van der Waals surface area contributed by atoms with Crippen LogP contribution < -0.4 is 11.1 Å². The Morgan fingerprint density at radius 2 is 2.00 bits per heavy atom. The quantitative estimate of drug-likeness (QED) is 0.681. The molecule has 2 heterocycles. The van der Waals surface area contributed by atoms with Crippen molar-refractivity contribution >= 4 is 23.6 Å². The third-order valence-electron chi connectivity index (χ3n) is 3.48. The van der Waals surface area contributed by atoms with E-state index in [0.717, 1.165) is 4.90 Å². The molecule has 3 N–H and O–H groups in total. The molecule has 0 aromatic rings. The number of nitrogens with two attached hydrogens (primary N) is 1. The average molecular weight is 289 g/mol. The van der Waals surface area contributed by atoms with Crippen molar-refractivity contribution in [3.63, 3.8) is 0 Å². The second kappa shape index (κ2) is 5.35. The highest BCUT2D eigenvalue weighted by atomic mass is 16.2. The van der Waals surface area contributed by atoms with E-state index in [-0.39, 0.29) is 29.7 Å². The first kappa shape index (κ1) is 14.7. The van der Waals surface area contributed by atoms with Gasteiger partial charge in [-0.15, -0.1) is 0 Å². The summed E-state index contributed by atoms with van der Waals surface area (Å²) < 4.78 is 0. The molecule has 1 fully saturated rings. The van der Waals surface area contributed by atoms with Crippen molar-refractivity contribution in [1.82, 2.24) is 10.2 Å². The van der Waals surface area contributed by atoms with Crippen LogP contribution in [0.15, 0.2) is 35.6 Å². The van der Waals surface area contributed by atoms with E-state index < -0.39 is 29.7 Å². The number of imide groups is 2. The molecule has 7 nitrogen and oxygen atoms in total. The van der Waals surface area contributed by atoms with Gasteiger partial charge in [-0.25, -0.2) is 0 Å². The summed E-state index contributed by atoms with van der Waals surface area (Å²) in [6.07, 6.45) is 2.93. The number of allylic oxidation sites excluding steroid dienone is 1. The van der Waals surface area contributed by atoms with E-state index in [9.17, 15) is 19.2 Å². The molecule has 2 aliphatic rings. The number of rotatable bonds is 3. The summed E-state index contributed by atoms with van der Waals surface area (Å²) in [4.78, 5) is 48.6. The van der Waals surface area contributed by atoms with E-state index in [0.29, 0.717) is 0 Å². The van der Waals surface area contributed by atoms with Gasteiger partial charge in [0.1, 0.15) is 6.04 Å². The number of hydrogen-bond donors (Lipinski definition) is 2. The molecular formula is C14H15N3O4. The van der Waals surface area contributed by atoms with Gasteiger partial charge < -0.3 is 5.73 Å². The molecule has 0 aromatic heterocycles. The van der Waals surface area contributed by atoms with Crippen LogP contribution in [0.25, 0.3) is 0 Å². The summed E-state index contributed by atoms with van der Waals surface area (Å²) in [7, 11) is 0. The van der Waals surface area contributed by atoms with Crippen LogP contribution in [-0.4, -0.2) is 34.6 Å². The van der Waals surface area contributed by atoms with Gasteiger partial charge in [-0.2, -0.15) is 0 Å². The molecule has 0 saturated carbocycles. The van der Waals surface area contributed by atoms with E-state index in [1.165, 1.54) is 12.2 Å². The second-order valence-corrected chi connectivity index (χ2v) is 4.68. The van der Waals surface area contributed by atoms with Crippen LogP contribution in [-0.2, 0) is 19.2 Å². The lowest BCUT2D eigenvalue weighted by Crippen LogP contribution is -2.54. The zero-order valence-electron chi connectivity index (χ0n) is 11.5. The van der Waals surface area contributed by atoms with E-state index in [4.69, 9.17) is 5.73 Å². The van der Waals surface area contributed by atoms with E-state index >= 15 is 0 Å². The van der Waals surface area contributed by atoms with Crippen LogP contribution in [0.3, 0.4) is 0 Å². The molecule has 1 unspecified atom stereocenters. The average Bonchev–Trinajstić information content (AvgIpc) is 2.69. The molecule has 7 heteroatoms. The Bertz CT molecular complexity index is 630. The Morgan fingerprint density at radius 3 is 2.52 bits per heavy atom. The molecular weight excluding hydrogens is 274 g/mol. The Balaban J connectivity index is 2.40. The molecule has 4 amide bonds. The highest BCUT2D eigenvalue weighted by molar-refractivity contribution is 6.24. The highest BCUT2D eigenvalue weighted by Gasteiger charge is 2.45. The topological polar surface area (TPSA) is 110 Å². The highest BCUT2D eigenvalue weighted by Crippen LogP contribution is 2.29. The number of piperidine rings is 1. The molecule has 110 valence electrons. The monoisotopic (exact) mass is 289 g/mol. The third kappa shape index (κ3) is 2.26. The van der Waals surface area contributed by atoms with Gasteiger partial charge in [-0.1, -0.05) is 18.7 Å². The maximum atomic E-state index is 12.4. The molecule has 0 aliphatic carbocycles. The van der Waals surface area contributed by atoms with Crippen LogP contribution >= 0.6 is 0 Å². The van der Waals surface area contributed by atoms with E-state index in [1.807, 2.05) is 0 Å². The first-order valence-electron chi connectivity index (χ1n) is 6.42. The summed E-state index contributed by atoms with van der Waals surface area (Å²) in [6, 6.07) is -1.00. The summed E-state index contributed by atoms with van der Waals surface area (Å²) in [5.41, 5.74) is 6.01. The Morgan fingerprint density at radius 1 is 1.33 bits per heavy atom. The molecule has 21 heavy (non-hydrogen) atoms. The fraction of sp³-hybridized carbons (Fsp3) is 0.286. The standard InChI is InChI=1S/C14H15N3O4/c1-3-7-11(8(15)4-2)14(21)17(13(7)20)9-5-6-10(18)16-12(9)19/h3-4,9H,1,5-6,15H2,2H3,(H,16,18,19)/b8-4+. The van der Waals surface area contributed by atoms with Crippen molar-refractivity contribution in [1.29, 1.82) is 0 Å². The minimum Gasteiger partial charge on any atom is -0.398 e. The van der Waals surface area contributed by atoms with Gasteiger partial charge in [-0.3, -0.25) is 29.4 Å². The van der Waals surface area contributed by atoms with Gasteiger partial charge in [-0.05, 0) is 13.3 Å². The Hall–Kier alpha value is -2.70. The summed E-state index contributed by atoms with van der Waals surface area (Å²) >= 11 is 0. The van der Waals surface area contributed by atoms with Crippen LogP contribution in [0.5, 0.6) is 0 Å². The van der Waals surface area contributed by atoms with Crippen molar-refractivity contribution in [2.75, 3.05) is 0 Å². The predicted molar refractivity (Wildman–Crippen MR) is 73.2 cm³/mol. The SMILES string of the molecule is C=CC1=C(/C(N)=C\C)C(=O)N(C2CCC(=O)NC2=O)C1=O. The van der Waals surface area contributed by atoms with Crippen LogP contribution in [0, 0.1) is 0 Å². The first-order chi connectivity index (χ1) is 9.92. The molecule has 0 radical (unpaired) electrons. The lowest BCUT2D eigenvalue weighted by Gasteiger charge is -2.28. The molecule has 2 rings (SSSR count). The number of nitrogens with one attached hydrogen (secondary N) is 1. The number of nitrogens with zero attached hydrogens (tertiary/aromatic N) is 1. The Kier molecular flexibility index (Phi) is 3.75. The van der Waals surface area contributed by atoms with Crippen LogP contribution in [0.2, 0.25) is 0 Å². The first-order valence-corrected chi connectivity index (χ1v) is 6.42. The fourth-order valence-electron chi connectivity index (χ4n) is 2.39. The number of amides is 4. The lowest BCUT2D eigenvalue weighted by molar-refractivity contribution is -0.149. The van der Waals surface area contributed by atoms with Crippen LogP contribution in [0.1, 0.15) is 19.8 Å². The zero-order chi connectivity index (χ0) is 15.7. The van der Waals surface area contributed by atoms with Crippen molar-refractivity contribution in [3.05, 3.63) is 35.6 Å². The second-order valence-electron chi connectivity index (χ2n) is 4.68. The van der Waals surface area contributed by atoms with Crippen molar-refractivity contribution in [3.8, 4) is 0 Å². The summed E-state index contributed by atoms with van der Waals surface area (Å²) in [5, 5.41) is 2.12. The number of carbonyl (C=O) groups is 4. The fourth-order valence-corrected chi connectivity index (χ4v) is 2.39. The Labute approximate surface area is 121 Å². The minimum atomic E-state index is -1.00. The van der Waals surface area contributed by atoms with E-state index in [1.54, 1.807) is 6.92 Å². The normalized spacial score (nSPS) is 23.8. The summed E-state index contributed by atoms with van der Waals surface area (Å²) in [6.45, 7) is 5.14. The zero-order valence-corrected chi connectivity index (χ0v) is 11.5. The van der Waals surface area contributed by atoms with Gasteiger partial charge in [0.2, 0.25) is 11.8 Å². The number of carbonyl (C=O) groups excluding carboxylic acids is 4. The predicted octanol–water partition coefficient (Wildman–Crippen LogP) is -0.495.